The van der Waals surface area contributed by atoms with Gasteiger partial charge < -0.3 is 19.1 Å². The fourth-order valence-corrected chi connectivity index (χ4v) is 3.00. The highest BCUT2D eigenvalue weighted by molar-refractivity contribution is 5.77. The number of rotatable bonds is 7. The lowest BCUT2D eigenvalue weighted by Gasteiger charge is -2.39. The first-order valence-corrected chi connectivity index (χ1v) is 8.09. The topological polar surface area (TPSA) is 78.7 Å². The molecule has 8 heteroatoms. The lowest BCUT2D eigenvalue weighted by Crippen LogP contribution is -2.50. The van der Waals surface area contributed by atoms with Crippen molar-refractivity contribution < 1.29 is 19.0 Å². The Kier molecular flexibility index (Phi) is 5.06. The van der Waals surface area contributed by atoms with E-state index in [0.29, 0.717) is 43.2 Å². The minimum atomic E-state index is 0.119. The number of methoxy groups -OCH3 is 3. The van der Waals surface area contributed by atoms with Crippen LogP contribution in [-0.2, 0) is 11.2 Å². The van der Waals surface area contributed by atoms with Gasteiger partial charge in [0.15, 0.2) is 11.5 Å². The molecule has 134 valence electrons. The molecule has 2 aromatic rings. The van der Waals surface area contributed by atoms with Gasteiger partial charge in [-0.1, -0.05) is 11.3 Å². The fraction of sp³-hybridized carbons (Fsp3) is 0.471. The molecule has 0 bridgehead atoms. The molecule has 1 aliphatic rings. The van der Waals surface area contributed by atoms with Crippen molar-refractivity contribution >= 4 is 5.91 Å². The number of carbonyl (C=O) groups is 1. The highest BCUT2D eigenvalue weighted by Crippen LogP contribution is 2.40. The molecule has 2 heterocycles. The van der Waals surface area contributed by atoms with Crippen LogP contribution < -0.4 is 14.2 Å². The lowest BCUT2D eigenvalue weighted by atomic mass is 10.0. The molecule has 1 aromatic carbocycles. The summed E-state index contributed by atoms with van der Waals surface area (Å²) in [5.74, 6) is 1.88. The van der Waals surface area contributed by atoms with Gasteiger partial charge in [0.05, 0.1) is 33.6 Å². The van der Waals surface area contributed by atoms with Gasteiger partial charge in [0, 0.05) is 25.7 Å². The van der Waals surface area contributed by atoms with Crippen molar-refractivity contribution in [3.8, 4) is 17.2 Å². The van der Waals surface area contributed by atoms with Gasteiger partial charge in [-0.05, 0) is 18.1 Å². The summed E-state index contributed by atoms with van der Waals surface area (Å²) in [6.07, 6.45) is 4.46. The quantitative estimate of drug-likeness (QED) is 0.752. The molecule has 3 rings (SSSR count). The first-order chi connectivity index (χ1) is 12.2. The second kappa shape index (κ2) is 7.42. The van der Waals surface area contributed by atoms with Crippen LogP contribution in [0.1, 0.15) is 18.0 Å². The molecule has 1 aliphatic heterocycles. The zero-order chi connectivity index (χ0) is 17.8. The number of ether oxygens (including phenoxy) is 3. The van der Waals surface area contributed by atoms with E-state index in [-0.39, 0.29) is 11.9 Å². The van der Waals surface area contributed by atoms with Crippen LogP contribution in [0.3, 0.4) is 0 Å². The van der Waals surface area contributed by atoms with E-state index in [4.69, 9.17) is 14.2 Å². The molecule has 0 spiro atoms. The number of nitrogens with zero attached hydrogens (tertiary/aromatic N) is 4. The fourth-order valence-electron chi connectivity index (χ4n) is 3.00. The summed E-state index contributed by atoms with van der Waals surface area (Å²) >= 11 is 0. The molecule has 1 fully saturated rings. The van der Waals surface area contributed by atoms with Crippen LogP contribution in [0.2, 0.25) is 0 Å². The summed E-state index contributed by atoms with van der Waals surface area (Å²) < 4.78 is 17.9. The summed E-state index contributed by atoms with van der Waals surface area (Å²) in [6.45, 7) is 1.34. The number of likely N-dealkylation sites (tertiary alicyclic amines) is 1. The standard InChI is InChI=1S/C17H22N4O4/c1-23-14-6-4-12(16(24-2)17(14)25-3)5-7-15(22)20-10-13(11-20)21-9-8-18-19-21/h4,6,8-9,13H,5,7,10-11H2,1-3H3. The summed E-state index contributed by atoms with van der Waals surface area (Å²) in [4.78, 5) is 14.2. The van der Waals surface area contributed by atoms with Gasteiger partial charge in [-0.25, -0.2) is 4.68 Å². The van der Waals surface area contributed by atoms with Crippen LogP contribution >= 0.6 is 0 Å². The van der Waals surface area contributed by atoms with Crippen LogP contribution in [-0.4, -0.2) is 60.2 Å². The van der Waals surface area contributed by atoms with Crippen molar-refractivity contribution in [3.05, 3.63) is 30.1 Å². The smallest absolute Gasteiger partial charge is 0.223 e. The van der Waals surface area contributed by atoms with Gasteiger partial charge >= 0.3 is 0 Å². The number of hydrogen-bond donors (Lipinski definition) is 0. The minimum absolute atomic E-state index is 0.119. The highest BCUT2D eigenvalue weighted by Gasteiger charge is 2.32. The number of amides is 1. The molecule has 1 aromatic heterocycles. The van der Waals surface area contributed by atoms with E-state index >= 15 is 0 Å². The molecular weight excluding hydrogens is 324 g/mol. The van der Waals surface area contributed by atoms with E-state index in [1.807, 2.05) is 23.2 Å². The molecule has 0 aliphatic carbocycles. The number of benzene rings is 1. The normalized spacial score (nSPS) is 14.1. The number of aromatic nitrogens is 3. The third-order valence-corrected chi connectivity index (χ3v) is 4.42. The maximum absolute atomic E-state index is 12.4. The Hall–Kier alpha value is -2.77. The van der Waals surface area contributed by atoms with Crippen LogP contribution in [0.4, 0.5) is 0 Å². The third-order valence-electron chi connectivity index (χ3n) is 4.42. The van der Waals surface area contributed by atoms with Crippen molar-refractivity contribution in [1.29, 1.82) is 0 Å². The van der Waals surface area contributed by atoms with Gasteiger partial charge in [-0.15, -0.1) is 5.10 Å². The molecular formula is C17H22N4O4. The lowest BCUT2D eigenvalue weighted by molar-refractivity contribution is -0.137. The van der Waals surface area contributed by atoms with E-state index in [1.54, 1.807) is 32.2 Å². The maximum atomic E-state index is 12.4. The van der Waals surface area contributed by atoms with Gasteiger partial charge in [0.25, 0.3) is 0 Å². The number of carbonyl (C=O) groups excluding carboxylic acids is 1. The summed E-state index contributed by atoms with van der Waals surface area (Å²) in [5.41, 5.74) is 0.918. The summed E-state index contributed by atoms with van der Waals surface area (Å²) in [6, 6.07) is 3.95. The SMILES string of the molecule is COc1ccc(CCC(=O)N2CC(n3ccnn3)C2)c(OC)c1OC. The Morgan fingerprint density at radius 2 is 1.92 bits per heavy atom. The van der Waals surface area contributed by atoms with Gasteiger partial charge in [0.1, 0.15) is 0 Å². The molecule has 0 radical (unpaired) electrons. The Labute approximate surface area is 146 Å². The average molecular weight is 346 g/mol. The summed E-state index contributed by atoms with van der Waals surface area (Å²) in [5, 5.41) is 7.76. The molecule has 25 heavy (non-hydrogen) atoms. The predicted octanol–water partition coefficient (Wildman–Crippen LogP) is 1.32. The predicted molar refractivity (Wildman–Crippen MR) is 90.1 cm³/mol. The van der Waals surface area contributed by atoms with E-state index in [0.717, 1.165) is 5.56 Å². The van der Waals surface area contributed by atoms with E-state index < -0.39 is 0 Å². The second-order valence-corrected chi connectivity index (χ2v) is 5.83. The third kappa shape index (κ3) is 3.38. The largest absolute Gasteiger partial charge is 0.493 e. The Morgan fingerprint density at radius 3 is 2.52 bits per heavy atom. The van der Waals surface area contributed by atoms with Crippen molar-refractivity contribution in [1.82, 2.24) is 19.9 Å². The molecule has 0 atom stereocenters. The second-order valence-electron chi connectivity index (χ2n) is 5.83. The first kappa shape index (κ1) is 17.1. The van der Waals surface area contributed by atoms with Crippen molar-refractivity contribution in [2.75, 3.05) is 34.4 Å². The maximum Gasteiger partial charge on any atom is 0.223 e. The number of aryl methyl sites for hydroxylation is 1. The van der Waals surface area contributed by atoms with Crippen molar-refractivity contribution in [2.45, 2.75) is 18.9 Å². The monoisotopic (exact) mass is 346 g/mol. The summed E-state index contributed by atoms with van der Waals surface area (Å²) in [7, 11) is 4.73. The molecule has 0 unspecified atom stereocenters. The van der Waals surface area contributed by atoms with Gasteiger partial charge in [-0.2, -0.15) is 0 Å². The Bertz CT molecular complexity index is 726. The first-order valence-electron chi connectivity index (χ1n) is 8.09. The van der Waals surface area contributed by atoms with Gasteiger partial charge in [0.2, 0.25) is 11.7 Å². The molecule has 8 nitrogen and oxygen atoms in total. The van der Waals surface area contributed by atoms with Crippen LogP contribution in [0, 0.1) is 0 Å². The van der Waals surface area contributed by atoms with Crippen LogP contribution in [0.15, 0.2) is 24.5 Å². The molecule has 1 amide bonds. The highest BCUT2D eigenvalue weighted by atomic mass is 16.5. The molecule has 1 saturated heterocycles. The Balaban J connectivity index is 1.59. The zero-order valence-corrected chi connectivity index (χ0v) is 14.6. The molecule has 0 N–H and O–H groups in total. The van der Waals surface area contributed by atoms with E-state index in [1.165, 1.54) is 0 Å². The van der Waals surface area contributed by atoms with Crippen LogP contribution in [0.5, 0.6) is 17.2 Å². The zero-order valence-electron chi connectivity index (χ0n) is 14.6. The van der Waals surface area contributed by atoms with Crippen LogP contribution in [0.25, 0.3) is 0 Å². The Morgan fingerprint density at radius 1 is 1.16 bits per heavy atom. The molecule has 0 saturated carbocycles. The van der Waals surface area contributed by atoms with Gasteiger partial charge in [-0.3, -0.25) is 4.79 Å². The van der Waals surface area contributed by atoms with Crippen molar-refractivity contribution in [2.24, 2.45) is 0 Å². The van der Waals surface area contributed by atoms with Crippen molar-refractivity contribution in [3.63, 3.8) is 0 Å². The minimum Gasteiger partial charge on any atom is -0.493 e. The van der Waals surface area contributed by atoms with E-state index in [2.05, 4.69) is 10.3 Å². The number of hydrogen-bond acceptors (Lipinski definition) is 6. The van der Waals surface area contributed by atoms with E-state index in [9.17, 15) is 4.79 Å². The average Bonchev–Trinajstić information content (AvgIpc) is 3.11.